The maximum Gasteiger partial charge on any atom is 0.335 e. The van der Waals surface area contributed by atoms with Gasteiger partial charge in [0.1, 0.15) is 23.7 Å². The normalized spacial score (nSPS) is 14.7. The van der Waals surface area contributed by atoms with Gasteiger partial charge in [-0.2, -0.15) is 0 Å². The van der Waals surface area contributed by atoms with Crippen molar-refractivity contribution in [2.45, 2.75) is 20.5 Å². The van der Waals surface area contributed by atoms with Gasteiger partial charge in [0, 0.05) is 17.1 Å². The smallest absolute Gasteiger partial charge is 0.335 e. The van der Waals surface area contributed by atoms with Crippen molar-refractivity contribution in [2.24, 2.45) is 0 Å². The van der Waals surface area contributed by atoms with Crippen molar-refractivity contribution >= 4 is 29.6 Å². The zero-order valence-corrected chi connectivity index (χ0v) is 20.8. The van der Waals surface area contributed by atoms with Crippen LogP contribution < -0.4 is 15.0 Å². The number of hydrogen-bond acceptors (Lipinski definition) is 4. The third-order valence-electron chi connectivity index (χ3n) is 6.28. The quantitative estimate of drug-likeness (QED) is 0.276. The van der Waals surface area contributed by atoms with E-state index in [1.165, 1.54) is 24.3 Å². The van der Waals surface area contributed by atoms with E-state index in [4.69, 9.17) is 4.74 Å². The minimum absolute atomic E-state index is 0.0333. The van der Waals surface area contributed by atoms with Crippen molar-refractivity contribution in [1.82, 2.24) is 9.88 Å². The van der Waals surface area contributed by atoms with Crippen LogP contribution in [0.3, 0.4) is 0 Å². The maximum atomic E-state index is 13.7. The maximum absolute atomic E-state index is 13.7. The van der Waals surface area contributed by atoms with Crippen molar-refractivity contribution in [2.75, 3.05) is 4.90 Å². The highest BCUT2D eigenvalue weighted by Gasteiger charge is 2.37. The van der Waals surface area contributed by atoms with Crippen LogP contribution in [-0.4, -0.2) is 22.4 Å². The van der Waals surface area contributed by atoms with Crippen molar-refractivity contribution in [3.63, 3.8) is 0 Å². The number of aromatic nitrogens is 1. The van der Waals surface area contributed by atoms with Crippen molar-refractivity contribution in [3.8, 4) is 11.4 Å². The van der Waals surface area contributed by atoms with Crippen LogP contribution in [0.15, 0.2) is 90.5 Å². The number of nitrogens with zero attached hydrogens (tertiary/aromatic N) is 2. The van der Waals surface area contributed by atoms with Gasteiger partial charge >= 0.3 is 6.03 Å². The molecule has 0 radical (unpaired) electrons. The fourth-order valence-corrected chi connectivity index (χ4v) is 4.43. The number of hydrogen-bond donors (Lipinski definition) is 1. The summed E-state index contributed by atoms with van der Waals surface area (Å²) in [6.45, 7) is 4.25. The van der Waals surface area contributed by atoms with Gasteiger partial charge in [0.15, 0.2) is 0 Å². The van der Waals surface area contributed by atoms with Crippen LogP contribution in [0.25, 0.3) is 11.8 Å². The number of benzene rings is 3. The average molecular weight is 510 g/mol. The van der Waals surface area contributed by atoms with Gasteiger partial charge in [-0.3, -0.25) is 14.9 Å². The molecule has 1 aliphatic heterocycles. The highest BCUT2D eigenvalue weighted by Crippen LogP contribution is 2.27. The van der Waals surface area contributed by atoms with E-state index in [1.54, 1.807) is 0 Å². The number of carbonyl (C=O) groups excluding carboxylic acids is 3. The van der Waals surface area contributed by atoms with Crippen LogP contribution in [-0.2, 0) is 16.2 Å². The summed E-state index contributed by atoms with van der Waals surface area (Å²) in [4.78, 5) is 38.9. The summed E-state index contributed by atoms with van der Waals surface area (Å²) >= 11 is 0. The number of amides is 4. The van der Waals surface area contributed by atoms with Crippen LogP contribution in [0.2, 0.25) is 0 Å². The zero-order valence-electron chi connectivity index (χ0n) is 20.8. The van der Waals surface area contributed by atoms with Gasteiger partial charge in [0.05, 0.1) is 5.69 Å². The van der Waals surface area contributed by atoms with Crippen LogP contribution >= 0.6 is 0 Å². The molecule has 7 nitrogen and oxygen atoms in total. The molecule has 190 valence electrons. The van der Waals surface area contributed by atoms with Crippen LogP contribution in [0, 0.1) is 19.7 Å². The number of aryl methyl sites for hydroxylation is 1. The molecule has 1 aliphatic rings. The summed E-state index contributed by atoms with van der Waals surface area (Å²) < 4.78 is 21.6. The molecule has 38 heavy (non-hydrogen) atoms. The Kier molecular flexibility index (Phi) is 6.62. The zero-order chi connectivity index (χ0) is 26.8. The lowest BCUT2D eigenvalue weighted by Gasteiger charge is -2.26. The largest absolute Gasteiger partial charge is 0.489 e. The molecule has 5 rings (SSSR count). The van der Waals surface area contributed by atoms with Crippen LogP contribution in [0.4, 0.5) is 14.9 Å². The Labute approximate surface area is 218 Å². The molecule has 3 aromatic carbocycles. The molecular formula is C30H24FN3O4. The van der Waals surface area contributed by atoms with E-state index in [-0.39, 0.29) is 11.3 Å². The Morgan fingerprint density at radius 3 is 2.32 bits per heavy atom. The van der Waals surface area contributed by atoms with E-state index in [9.17, 15) is 18.8 Å². The first-order chi connectivity index (χ1) is 18.3. The first-order valence-corrected chi connectivity index (χ1v) is 11.9. The van der Waals surface area contributed by atoms with Crippen LogP contribution in [0.1, 0.15) is 22.5 Å². The second kappa shape index (κ2) is 10.2. The number of anilines is 1. The molecule has 0 spiro atoms. The third kappa shape index (κ3) is 4.84. The fourth-order valence-electron chi connectivity index (χ4n) is 4.43. The SMILES string of the molecule is Cc1cc(/C=C2\C(=O)NC(=O)N(c3cccc(F)c3)C2=O)c(C)n1-c1ccc(OCc2ccccc2)cc1. The van der Waals surface area contributed by atoms with E-state index in [2.05, 4.69) is 5.32 Å². The summed E-state index contributed by atoms with van der Waals surface area (Å²) in [7, 11) is 0. The molecule has 8 heteroatoms. The fraction of sp³-hybridized carbons (Fsp3) is 0.100. The summed E-state index contributed by atoms with van der Waals surface area (Å²) in [5, 5.41) is 2.17. The van der Waals surface area contributed by atoms with Crippen LogP contribution in [0.5, 0.6) is 5.75 Å². The second-order valence-electron chi connectivity index (χ2n) is 8.87. The van der Waals surface area contributed by atoms with E-state index in [1.807, 2.05) is 79.1 Å². The molecule has 1 saturated heterocycles. The Hall–Kier alpha value is -4.98. The molecule has 0 saturated carbocycles. The summed E-state index contributed by atoms with van der Waals surface area (Å²) in [5.74, 6) is -1.51. The predicted octanol–water partition coefficient (Wildman–Crippen LogP) is 5.48. The standard InChI is InChI=1S/C30H24FN3O4/c1-19-15-22(16-27-28(35)32-30(37)34(29(27)36)25-10-6-9-23(31)17-25)20(2)33(19)24-11-13-26(14-12-24)38-18-21-7-4-3-5-8-21/h3-17H,18H2,1-2H3,(H,32,35,37)/b27-16+. The molecular weight excluding hydrogens is 485 g/mol. The van der Waals surface area contributed by atoms with Gasteiger partial charge in [-0.05, 0) is 79.6 Å². The highest BCUT2D eigenvalue weighted by atomic mass is 19.1. The van der Waals surface area contributed by atoms with Crippen molar-refractivity contribution in [1.29, 1.82) is 0 Å². The molecule has 0 bridgehead atoms. The number of imide groups is 2. The molecule has 4 amide bonds. The Morgan fingerprint density at radius 2 is 1.61 bits per heavy atom. The second-order valence-corrected chi connectivity index (χ2v) is 8.87. The molecule has 4 aromatic rings. The number of ether oxygens (including phenoxy) is 1. The summed E-state index contributed by atoms with van der Waals surface area (Å²) in [5.41, 5.74) is 4.08. The molecule has 1 fully saturated rings. The van der Waals surface area contributed by atoms with Gasteiger partial charge in [-0.25, -0.2) is 14.1 Å². The Bertz CT molecular complexity index is 1570. The third-order valence-corrected chi connectivity index (χ3v) is 6.28. The number of urea groups is 1. The Balaban J connectivity index is 1.41. The Morgan fingerprint density at radius 1 is 0.868 bits per heavy atom. The molecule has 0 unspecified atom stereocenters. The van der Waals surface area contributed by atoms with Gasteiger partial charge in [0.25, 0.3) is 11.8 Å². The topological polar surface area (TPSA) is 80.6 Å². The lowest BCUT2D eigenvalue weighted by Crippen LogP contribution is -2.54. The highest BCUT2D eigenvalue weighted by molar-refractivity contribution is 6.39. The van der Waals surface area contributed by atoms with Gasteiger partial charge < -0.3 is 9.30 Å². The lowest BCUT2D eigenvalue weighted by atomic mass is 10.1. The molecule has 0 aliphatic carbocycles. The van der Waals surface area contributed by atoms with Crippen molar-refractivity contribution in [3.05, 3.63) is 119 Å². The number of carbonyl (C=O) groups is 3. The minimum atomic E-state index is -0.928. The van der Waals surface area contributed by atoms with Gasteiger partial charge in [-0.15, -0.1) is 0 Å². The molecule has 2 heterocycles. The number of barbiturate groups is 1. The molecule has 1 aromatic heterocycles. The first kappa shape index (κ1) is 24.7. The van der Waals surface area contributed by atoms with Gasteiger partial charge in [-0.1, -0.05) is 36.4 Å². The monoisotopic (exact) mass is 509 g/mol. The average Bonchev–Trinajstić information content (AvgIpc) is 3.18. The predicted molar refractivity (Wildman–Crippen MR) is 141 cm³/mol. The summed E-state index contributed by atoms with van der Waals surface area (Å²) in [6.07, 6.45) is 1.45. The number of rotatable bonds is 6. The van der Waals surface area contributed by atoms with Crippen molar-refractivity contribution < 1.29 is 23.5 Å². The molecule has 1 N–H and O–H groups in total. The number of nitrogens with one attached hydrogen (secondary N) is 1. The molecule has 0 atom stereocenters. The van der Waals surface area contributed by atoms with E-state index in [0.29, 0.717) is 12.2 Å². The van der Waals surface area contributed by atoms with E-state index >= 15 is 0 Å². The van der Waals surface area contributed by atoms with E-state index in [0.717, 1.165) is 39.4 Å². The first-order valence-electron chi connectivity index (χ1n) is 11.9. The van der Waals surface area contributed by atoms with Gasteiger partial charge in [0.2, 0.25) is 0 Å². The van der Waals surface area contributed by atoms with E-state index < -0.39 is 23.7 Å². The lowest BCUT2D eigenvalue weighted by molar-refractivity contribution is -0.122. The number of halogens is 1. The minimum Gasteiger partial charge on any atom is -0.489 e. The summed E-state index contributed by atoms with van der Waals surface area (Å²) in [6, 6.07) is 23.5.